The molecule has 7 heteroatoms. The summed E-state index contributed by atoms with van der Waals surface area (Å²) in [6.07, 6.45) is 1.27. The number of amides is 2. The van der Waals surface area contributed by atoms with E-state index in [1.54, 1.807) is 6.07 Å². The Morgan fingerprint density at radius 1 is 1.12 bits per heavy atom. The molecule has 0 aliphatic heterocycles. The molecule has 0 saturated heterocycles. The monoisotopic (exact) mass is 430 g/mol. The number of carbonyl (C=O) groups excluding carboxylic acids is 1. The molecule has 0 bridgehead atoms. The molecule has 2 aromatic carbocycles. The van der Waals surface area contributed by atoms with Crippen LogP contribution in [0.5, 0.6) is 0 Å². The Morgan fingerprint density at radius 2 is 1.81 bits per heavy atom. The molecule has 0 fully saturated rings. The molecule has 0 aliphatic rings. The first-order valence-corrected chi connectivity index (χ1v) is 10.5. The van der Waals surface area contributed by atoms with Crippen LogP contribution in [0.25, 0.3) is 0 Å². The van der Waals surface area contributed by atoms with Crippen LogP contribution in [0.15, 0.2) is 60.7 Å². The topological polar surface area (TPSA) is 93.1 Å². The third kappa shape index (κ3) is 6.15. The van der Waals surface area contributed by atoms with E-state index in [0.29, 0.717) is 17.9 Å². The fourth-order valence-corrected chi connectivity index (χ4v) is 3.31. The maximum atomic E-state index is 12.6. The quantitative estimate of drug-likeness (QED) is 0.375. The molecule has 1 atom stereocenters. The van der Waals surface area contributed by atoms with Crippen LogP contribution in [0.3, 0.4) is 0 Å². The predicted octanol–water partition coefficient (Wildman–Crippen LogP) is 5.08. The van der Waals surface area contributed by atoms with E-state index >= 15 is 0 Å². The lowest BCUT2D eigenvalue weighted by atomic mass is 10.1. The van der Waals surface area contributed by atoms with E-state index in [4.69, 9.17) is 5.41 Å². The van der Waals surface area contributed by atoms with Crippen molar-refractivity contribution in [3.63, 3.8) is 0 Å². The summed E-state index contributed by atoms with van der Waals surface area (Å²) >= 11 is 0. The van der Waals surface area contributed by atoms with E-state index < -0.39 is 0 Å². The SMILES string of the molecule is Cc1ccc(Nc2c(C=N)cc(NC(=O)N[C@H](C)c3ccccc3)nc2CN(C)C)cc1. The number of rotatable bonds is 8. The standard InChI is InChI=1S/C25H30N6O/c1-17-10-12-21(13-11-17)28-24-20(15-26)14-23(29-22(24)16-31(3)4)30-25(32)27-18(2)19-8-6-5-7-9-19/h5-15,18,26,28H,16H2,1-4H3,(H2,27,29,30,32)/t18-/m1/s1. The molecule has 3 aromatic rings. The average Bonchev–Trinajstić information content (AvgIpc) is 2.76. The number of aryl methyl sites for hydroxylation is 1. The zero-order valence-corrected chi connectivity index (χ0v) is 18.9. The van der Waals surface area contributed by atoms with Gasteiger partial charge in [-0.25, -0.2) is 9.78 Å². The van der Waals surface area contributed by atoms with Crippen molar-refractivity contribution in [2.45, 2.75) is 26.4 Å². The minimum Gasteiger partial charge on any atom is -0.353 e. The molecule has 0 spiro atoms. The highest BCUT2D eigenvalue weighted by molar-refractivity contribution is 5.93. The van der Waals surface area contributed by atoms with Gasteiger partial charge in [0.2, 0.25) is 0 Å². The Bertz CT molecular complexity index is 1060. The maximum Gasteiger partial charge on any atom is 0.320 e. The van der Waals surface area contributed by atoms with Crippen molar-refractivity contribution in [3.8, 4) is 0 Å². The Labute approximate surface area is 189 Å². The molecular weight excluding hydrogens is 400 g/mol. The van der Waals surface area contributed by atoms with Gasteiger partial charge in [0.15, 0.2) is 0 Å². The van der Waals surface area contributed by atoms with Gasteiger partial charge in [0.25, 0.3) is 0 Å². The average molecular weight is 431 g/mol. The van der Waals surface area contributed by atoms with Crippen LogP contribution in [-0.2, 0) is 6.54 Å². The lowest BCUT2D eigenvalue weighted by Gasteiger charge is -2.19. The van der Waals surface area contributed by atoms with Crippen LogP contribution in [0.2, 0.25) is 0 Å². The van der Waals surface area contributed by atoms with Crippen molar-refractivity contribution in [3.05, 3.63) is 83.0 Å². The van der Waals surface area contributed by atoms with Gasteiger partial charge < -0.3 is 20.9 Å². The Hall–Kier alpha value is -3.71. The summed E-state index contributed by atoms with van der Waals surface area (Å²) in [5.41, 5.74) is 5.23. The number of urea groups is 1. The maximum absolute atomic E-state index is 12.6. The van der Waals surface area contributed by atoms with Crippen molar-refractivity contribution in [2.75, 3.05) is 24.7 Å². The van der Waals surface area contributed by atoms with Gasteiger partial charge in [-0.3, -0.25) is 5.32 Å². The van der Waals surface area contributed by atoms with Crippen LogP contribution in [-0.4, -0.2) is 36.2 Å². The summed E-state index contributed by atoms with van der Waals surface area (Å²) in [7, 11) is 3.91. The number of pyridine rings is 1. The van der Waals surface area contributed by atoms with Gasteiger partial charge in [0, 0.05) is 24.0 Å². The minimum absolute atomic E-state index is 0.151. The van der Waals surface area contributed by atoms with Crippen LogP contribution in [0.1, 0.15) is 35.3 Å². The fraction of sp³-hybridized carbons (Fsp3) is 0.240. The number of benzene rings is 2. The molecule has 4 N–H and O–H groups in total. The Kier molecular flexibility index (Phi) is 7.57. The molecule has 3 rings (SSSR count). The zero-order chi connectivity index (χ0) is 23.1. The summed E-state index contributed by atoms with van der Waals surface area (Å²) in [6, 6.07) is 19.0. The molecule has 0 unspecified atom stereocenters. The zero-order valence-electron chi connectivity index (χ0n) is 18.9. The van der Waals surface area contributed by atoms with Crippen molar-refractivity contribution in [1.82, 2.24) is 15.2 Å². The van der Waals surface area contributed by atoms with E-state index in [-0.39, 0.29) is 12.1 Å². The van der Waals surface area contributed by atoms with E-state index in [9.17, 15) is 4.79 Å². The molecule has 7 nitrogen and oxygen atoms in total. The number of hydrogen-bond donors (Lipinski definition) is 4. The molecule has 1 aromatic heterocycles. The first-order chi connectivity index (χ1) is 15.4. The lowest BCUT2D eigenvalue weighted by Crippen LogP contribution is -2.31. The highest BCUT2D eigenvalue weighted by Crippen LogP contribution is 2.27. The van der Waals surface area contributed by atoms with E-state index in [1.165, 1.54) is 11.8 Å². The normalized spacial score (nSPS) is 11.7. The molecule has 0 aliphatic carbocycles. The number of aromatic nitrogens is 1. The van der Waals surface area contributed by atoms with Crippen molar-refractivity contribution < 1.29 is 4.79 Å². The van der Waals surface area contributed by atoms with E-state index in [1.807, 2.05) is 87.4 Å². The summed E-state index contributed by atoms with van der Waals surface area (Å²) in [4.78, 5) is 19.3. The van der Waals surface area contributed by atoms with Crippen LogP contribution in [0, 0.1) is 12.3 Å². The van der Waals surface area contributed by atoms with Gasteiger partial charge in [-0.05, 0) is 51.7 Å². The van der Waals surface area contributed by atoms with Crippen molar-refractivity contribution in [1.29, 1.82) is 5.41 Å². The summed E-state index contributed by atoms with van der Waals surface area (Å²) in [6.45, 7) is 4.51. The van der Waals surface area contributed by atoms with Crippen LogP contribution in [0.4, 0.5) is 22.0 Å². The number of hydrogen-bond acceptors (Lipinski definition) is 5. The van der Waals surface area contributed by atoms with E-state index in [0.717, 1.165) is 22.6 Å². The lowest BCUT2D eigenvalue weighted by molar-refractivity contribution is 0.249. The first-order valence-electron chi connectivity index (χ1n) is 10.5. The summed E-state index contributed by atoms with van der Waals surface area (Å²) in [5, 5.41) is 17.1. The largest absolute Gasteiger partial charge is 0.353 e. The first kappa shape index (κ1) is 23.0. The molecule has 1 heterocycles. The van der Waals surface area contributed by atoms with Crippen LogP contribution < -0.4 is 16.0 Å². The molecule has 0 radical (unpaired) electrons. The second-order valence-electron chi connectivity index (χ2n) is 8.02. The Balaban J connectivity index is 1.84. The fourth-order valence-electron chi connectivity index (χ4n) is 3.31. The van der Waals surface area contributed by atoms with Gasteiger partial charge in [-0.15, -0.1) is 0 Å². The van der Waals surface area contributed by atoms with Gasteiger partial charge in [-0.1, -0.05) is 48.0 Å². The summed E-state index contributed by atoms with van der Waals surface area (Å²) in [5.74, 6) is 0.396. The van der Waals surface area contributed by atoms with Crippen molar-refractivity contribution in [2.24, 2.45) is 0 Å². The molecule has 166 valence electrons. The highest BCUT2D eigenvalue weighted by Gasteiger charge is 2.16. The van der Waals surface area contributed by atoms with E-state index in [2.05, 4.69) is 20.9 Å². The highest BCUT2D eigenvalue weighted by atomic mass is 16.2. The number of anilines is 3. The second-order valence-corrected chi connectivity index (χ2v) is 8.02. The van der Waals surface area contributed by atoms with Crippen molar-refractivity contribution >= 4 is 29.4 Å². The van der Waals surface area contributed by atoms with Crippen LogP contribution >= 0.6 is 0 Å². The summed E-state index contributed by atoms with van der Waals surface area (Å²) < 4.78 is 0. The number of carbonyl (C=O) groups is 1. The third-order valence-corrected chi connectivity index (χ3v) is 4.96. The third-order valence-electron chi connectivity index (χ3n) is 4.96. The molecular formula is C25H30N6O. The number of nitrogens with one attached hydrogen (secondary N) is 4. The minimum atomic E-state index is -0.347. The van der Waals surface area contributed by atoms with Gasteiger partial charge in [0.1, 0.15) is 5.82 Å². The molecule has 2 amide bonds. The smallest absolute Gasteiger partial charge is 0.320 e. The van der Waals surface area contributed by atoms with Gasteiger partial charge in [-0.2, -0.15) is 0 Å². The second kappa shape index (κ2) is 10.5. The van der Waals surface area contributed by atoms with Gasteiger partial charge in [0.05, 0.1) is 17.4 Å². The Morgan fingerprint density at radius 3 is 2.44 bits per heavy atom. The molecule has 32 heavy (non-hydrogen) atoms. The van der Waals surface area contributed by atoms with Gasteiger partial charge >= 0.3 is 6.03 Å². The number of nitrogens with zero attached hydrogens (tertiary/aromatic N) is 2. The predicted molar refractivity (Wildman–Crippen MR) is 131 cm³/mol. The molecule has 0 saturated carbocycles.